The Bertz CT molecular complexity index is 1280. The molecule has 1 heterocycles. The van der Waals surface area contributed by atoms with Crippen LogP contribution in [0, 0.1) is 5.82 Å². The smallest absolute Gasteiger partial charge is 0.418 e. The van der Waals surface area contributed by atoms with Crippen molar-refractivity contribution in [2.75, 3.05) is 5.32 Å². The molecule has 9 heteroatoms. The SMILES string of the molecule is O=C(Nc1ccc(Cl)cc1C(F)(F)F)c1ccccc1-c1ncc(-c2ccc(F)cc2)o1. The summed E-state index contributed by atoms with van der Waals surface area (Å²) in [5.74, 6) is -0.764. The van der Waals surface area contributed by atoms with Crippen LogP contribution in [0.3, 0.4) is 0 Å². The Morgan fingerprint density at radius 1 is 1.00 bits per heavy atom. The fourth-order valence-electron chi connectivity index (χ4n) is 3.06. The average molecular weight is 461 g/mol. The molecule has 0 fully saturated rings. The second kappa shape index (κ2) is 8.47. The number of hydrogen-bond donors (Lipinski definition) is 1. The molecule has 4 rings (SSSR count). The minimum atomic E-state index is -4.71. The highest BCUT2D eigenvalue weighted by Gasteiger charge is 2.34. The van der Waals surface area contributed by atoms with Crippen LogP contribution >= 0.6 is 11.6 Å². The molecule has 0 atom stereocenters. The van der Waals surface area contributed by atoms with E-state index in [9.17, 15) is 22.4 Å². The van der Waals surface area contributed by atoms with E-state index in [1.165, 1.54) is 42.6 Å². The van der Waals surface area contributed by atoms with Crippen molar-refractivity contribution in [2.24, 2.45) is 0 Å². The van der Waals surface area contributed by atoms with E-state index in [-0.39, 0.29) is 22.0 Å². The number of nitrogens with one attached hydrogen (secondary N) is 1. The lowest BCUT2D eigenvalue weighted by molar-refractivity contribution is -0.136. The van der Waals surface area contributed by atoms with Crippen LogP contribution in [-0.2, 0) is 6.18 Å². The van der Waals surface area contributed by atoms with E-state index >= 15 is 0 Å². The first kappa shape index (κ1) is 21.6. The van der Waals surface area contributed by atoms with Crippen molar-refractivity contribution in [3.05, 3.63) is 94.9 Å². The highest BCUT2D eigenvalue weighted by atomic mass is 35.5. The highest BCUT2D eigenvalue weighted by molar-refractivity contribution is 6.30. The number of carbonyl (C=O) groups excluding carboxylic acids is 1. The Hall–Kier alpha value is -3.65. The molecule has 0 aliphatic carbocycles. The summed E-state index contributed by atoms with van der Waals surface area (Å²) in [7, 11) is 0. The Balaban J connectivity index is 1.67. The van der Waals surface area contributed by atoms with Gasteiger partial charge in [-0.05, 0) is 54.6 Å². The van der Waals surface area contributed by atoms with Gasteiger partial charge in [-0.2, -0.15) is 13.2 Å². The molecule has 4 nitrogen and oxygen atoms in total. The lowest BCUT2D eigenvalue weighted by Crippen LogP contribution is -2.17. The first-order chi connectivity index (χ1) is 15.2. The zero-order valence-corrected chi connectivity index (χ0v) is 16.8. The first-order valence-corrected chi connectivity index (χ1v) is 9.59. The van der Waals surface area contributed by atoms with E-state index < -0.39 is 29.2 Å². The summed E-state index contributed by atoms with van der Waals surface area (Å²) in [5.41, 5.74) is -0.585. The maximum atomic E-state index is 13.4. The molecule has 0 spiro atoms. The predicted molar refractivity (Wildman–Crippen MR) is 112 cm³/mol. The number of hydrogen-bond acceptors (Lipinski definition) is 3. The molecule has 162 valence electrons. The van der Waals surface area contributed by atoms with E-state index in [0.29, 0.717) is 11.3 Å². The van der Waals surface area contributed by atoms with Crippen molar-refractivity contribution in [1.29, 1.82) is 0 Å². The molecule has 1 aromatic heterocycles. The van der Waals surface area contributed by atoms with Crippen LogP contribution in [-0.4, -0.2) is 10.9 Å². The number of alkyl halides is 3. The number of nitrogens with zero attached hydrogens (tertiary/aromatic N) is 1. The van der Waals surface area contributed by atoms with Crippen molar-refractivity contribution >= 4 is 23.2 Å². The lowest BCUT2D eigenvalue weighted by Gasteiger charge is -2.15. The van der Waals surface area contributed by atoms with Crippen LogP contribution < -0.4 is 5.32 Å². The third-order valence-corrected chi connectivity index (χ3v) is 4.81. The predicted octanol–water partition coefficient (Wildman–Crippen LogP) is 7.07. The molecule has 0 radical (unpaired) electrons. The van der Waals surface area contributed by atoms with Crippen LogP contribution in [0.15, 0.2) is 77.3 Å². The summed E-state index contributed by atoms with van der Waals surface area (Å²) < 4.78 is 58.9. The van der Waals surface area contributed by atoms with E-state index in [1.54, 1.807) is 18.2 Å². The van der Waals surface area contributed by atoms with Gasteiger partial charge in [-0.1, -0.05) is 23.7 Å². The second-order valence-electron chi connectivity index (χ2n) is 6.72. The maximum absolute atomic E-state index is 13.4. The fourth-order valence-corrected chi connectivity index (χ4v) is 3.24. The molecule has 3 aromatic carbocycles. The van der Waals surface area contributed by atoms with Crippen molar-refractivity contribution in [2.45, 2.75) is 6.18 Å². The zero-order valence-electron chi connectivity index (χ0n) is 16.1. The van der Waals surface area contributed by atoms with Crippen molar-refractivity contribution < 1.29 is 26.8 Å². The minimum Gasteiger partial charge on any atom is -0.436 e. The molecule has 0 unspecified atom stereocenters. The van der Waals surface area contributed by atoms with Gasteiger partial charge < -0.3 is 9.73 Å². The average Bonchev–Trinajstić information content (AvgIpc) is 3.25. The molecule has 4 aromatic rings. The number of halogens is 5. The first-order valence-electron chi connectivity index (χ1n) is 9.21. The van der Waals surface area contributed by atoms with Gasteiger partial charge in [0.2, 0.25) is 5.89 Å². The molecule has 0 aliphatic rings. The Kier molecular flexibility index (Phi) is 5.71. The maximum Gasteiger partial charge on any atom is 0.418 e. The number of aromatic nitrogens is 1. The summed E-state index contributed by atoms with van der Waals surface area (Å²) in [6, 6.07) is 14.8. The number of amides is 1. The number of benzene rings is 3. The van der Waals surface area contributed by atoms with Gasteiger partial charge in [0.1, 0.15) is 5.82 Å². The summed E-state index contributed by atoms with van der Waals surface area (Å²) in [6.45, 7) is 0. The Morgan fingerprint density at radius 2 is 1.72 bits per heavy atom. The Labute approximate surface area is 184 Å². The van der Waals surface area contributed by atoms with E-state index in [2.05, 4.69) is 10.3 Å². The molecule has 1 amide bonds. The van der Waals surface area contributed by atoms with E-state index in [4.69, 9.17) is 16.0 Å². The number of rotatable bonds is 4. The van der Waals surface area contributed by atoms with Gasteiger partial charge >= 0.3 is 6.18 Å². The number of anilines is 1. The van der Waals surface area contributed by atoms with Crippen molar-refractivity contribution in [1.82, 2.24) is 4.98 Å². The van der Waals surface area contributed by atoms with Crippen LogP contribution in [0.25, 0.3) is 22.8 Å². The van der Waals surface area contributed by atoms with Crippen molar-refractivity contribution in [3.63, 3.8) is 0 Å². The molecule has 0 aliphatic heterocycles. The van der Waals surface area contributed by atoms with Crippen molar-refractivity contribution in [3.8, 4) is 22.8 Å². The molecular weight excluding hydrogens is 448 g/mol. The van der Waals surface area contributed by atoms with Gasteiger partial charge in [-0.25, -0.2) is 9.37 Å². The molecule has 0 saturated carbocycles. The summed E-state index contributed by atoms with van der Waals surface area (Å²) in [6.07, 6.45) is -3.29. The van der Waals surface area contributed by atoms with Crippen LogP contribution in [0.5, 0.6) is 0 Å². The van der Waals surface area contributed by atoms with E-state index in [0.717, 1.165) is 12.1 Å². The number of oxazole rings is 1. The largest absolute Gasteiger partial charge is 0.436 e. The van der Waals surface area contributed by atoms with E-state index in [1.807, 2.05) is 0 Å². The van der Waals surface area contributed by atoms with Crippen LogP contribution in [0.4, 0.5) is 23.2 Å². The summed E-state index contributed by atoms with van der Waals surface area (Å²) in [5, 5.41) is 2.18. The third-order valence-electron chi connectivity index (χ3n) is 4.57. The van der Waals surface area contributed by atoms with Gasteiger partial charge in [0.15, 0.2) is 5.76 Å². The third kappa shape index (κ3) is 4.50. The summed E-state index contributed by atoms with van der Waals surface area (Å²) in [4.78, 5) is 17.0. The Morgan fingerprint density at radius 3 is 2.44 bits per heavy atom. The topological polar surface area (TPSA) is 55.1 Å². The summed E-state index contributed by atoms with van der Waals surface area (Å²) >= 11 is 5.69. The quantitative estimate of drug-likeness (QED) is 0.331. The van der Waals surface area contributed by atoms with Gasteiger partial charge in [0, 0.05) is 16.1 Å². The van der Waals surface area contributed by atoms with Gasteiger partial charge in [0.05, 0.1) is 23.0 Å². The standard InChI is InChI=1S/C23H13ClF4N2O2/c24-14-7-10-19(18(11-14)23(26,27)28)30-21(31)16-3-1-2-4-17(16)22-29-12-20(32-22)13-5-8-15(25)9-6-13/h1-12H,(H,30,31). The monoisotopic (exact) mass is 460 g/mol. The normalized spacial score (nSPS) is 11.4. The van der Waals surface area contributed by atoms with Gasteiger partial charge in [-0.3, -0.25) is 4.79 Å². The molecular formula is C23H13ClF4N2O2. The van der Waals surface area contributed by atoms with Crippen LogP contribution in [0.2, 0.25) is 5.02 Å². The molecule has 0 bridgehead atoms. The minimum absolute atomic E-state index is 0.0584. The lowest BCUT2D eigenvalue weighted by atomic mass is 10.1. The molecule has 0 saturated heterocycles. The fraction of sp³-hybridized carbons (Fsp3) is 0.0435. The van der Waals surface area contributed by atoms with Gasteiger partial charge in [0.25, 0.3) is 5.91 Å². The highest BCUT2D eigenvalue weighted by Crippen LogP contribution is 2.37. The zero-order chi connectivity index (χ0) is 22.9. The molecule has 1 N–H and O–H groups in total. The number of carbonyl (C=O) groups is 1. The van der Waals surface area contributed by atoms with Gasteiger partial charge in [-0.15, -0.1) is 0 Å². The molecule has 32 heavy (non-hydrogen) atoms. The van der Waals surface area contributed by atoms with Crippen LogP contribution in [0.1, 0.15) is 15.9 Å². The second-order valence-corrected chi connectivity index (χ2v) is 7.16.